The molecule has 0 heterocycles. The minimum absolute atomic E-state index is 0.0644. The van der Waals surface area contributed by atoms with Crippen molar-refractivity contribution in [2.24, 2.45) is 0 Å². The lowest BCUT2D eigenvalue weighted by atomic mass is 9.96. The maximum absolute atomic E-state index is 12.7. The van der Waals surface area contributed by atoms with Crippen LogP contribution in [0.25, 0.3) is 0 Å². The molecule has 158 valence electrons. The van der Waals surface area contributed by atoms with Crippen LogP contribution in [0.2, 0.25) is 0 Å². The number of hydrogen-bond acceptors (Lipinski definition) is 5. The van der Waals surface area contributed by atoms with Gasteiger partial charge < -0.3 is 20.1 Å². The monoisotopic (exact) mass is 408 g/mol. The van der Waals surface area contributed by atoms with E-state index in [-0.39, 0.29) is 6.61 Å². The second kappa shape index (κ2) is 11.5. The van der Waals surface area contributed by atoms with Gasteiger partial charge >= 0.3 is 12.1 Å². The lowest BCUT2D eigenvalue weighted by Crippen LogP contribution is -2.34. The predicted molar refractivity (Wildman–Crippen MR) is 117 cm³/mol. The highest BCUT2D eigenvalue weighted by molar-refractivity contribution is 5.91. The molecule has 0 aliphatic heterocycles. The number of allylic oxidation sites excluding steroid dienone is 1. The Morgan fingerprint density at radius 3 is 2.37 bits per heavy atom. The fourth-order valence-corrected chi connectivity index (χ4v) is 2.90. The molecule has 30 heavy (non-hydrogen) atoms. The molecule has 2 N–H and O–H groups in total. The van der Waals surface area contributed by atoms with Crippen molar-refractivity contribution in [2.75, 3.05) is 13.7 Å². The van der Waals surface area contributed by atoms with Crippen LogP contribution in [0, 0.1) is 6.92 Å². The number of carbonyl (C=O) groups is 2. The maximum Gasteiger partial charge on any atom is 0.408 e. The number of nitrogens with one attached hydrogen (secondary N) is 2. The van der Waals surface area contributed by atoms with Crippen molar-refractivity contribution in [1.29, 1.82) is 0 Å². The number of amides is 1. The van der Waals surface area contributed by atoms with Crippen LogP contribution < -0.4 is 10.6 Å². The minimum atomic E-state index is -0.751. The smallest absolute Gasteiger partial charge is 0.408 e. The van der Waals surface area contributed by atoms with E-state index in [0.717, 1.165) is 16.7 Å². The van der Waals surface area contributed by atoms with E-state index in [4.69, 9.17) is 9.47 Å². The molecule has 1 amide bonds. The second-order valence-electron chi connectivity index (χ2n) is 6.74. The third-order valence-corrected chi connectivity index (χ3v) is 4.50. The van der Waals surface area contributed by atoms with Crippen molar-refractivity contribution in [2.45, 2.75) is 26.4 Å². The first kappa shape index (κ1) is 22.7. The highest BCUT2D eigenvalue weighted by atomic mass is 16.5. The summed E-state index contributed by atoms with van der Waals surface area (Å²) in [5.41, 5.74) is 3.76. The van der Waals surface area contributed by atoms with E-state index in [0.29, 0.717) is 17.8 Å². The molecule has 0 saturated heterocycles. The number of rotatable bonds is 9. The minimum Gasteiger partial charge on any atom is -0.466 e. The van der Waals surface area contributed by atoms with Crippen LogP contribution in [0.5, 0.6) is 0 Å². The van der Waals surface area contributed by atoms with E-state index in [1.165, 1.54) is 13.2 Å². The number of esters is 1. The Balaban J connectivity index is 2.40. The van der Waals surface area contributed by atoms with E-state index in [1.807, 2.05) is 61.5 Å². The van der Waals surface area contributed by atoms with Crippen molar-refractivity contribution in [3.05, 3.63) is 95.2 Å². The summed E-state index contributed by atoms with van der Waals surface area (Å²) in [5.74, 6) is -0.539. The summed E-state index contributed by atoms with van der Waals surface area (Å²) in [6.07, 6.45) is 0.822. The third kappa shape index (κ3) is 6.51. The van der Waals surface area contributed by atoms with Gasteiger partial charge in [0, 0.05) is 12.2 Å². The Hall–Kier alpha value is -3.54. The second-order valence-corrected chi connectivity index (χ2v) is 6.74. The van der Waals surface area contributed by atoms with Crippen LogP contribution in [0.3, 0.4) is 0 Å². The van der Waals surface area contributed by atoms with Gasteiger partial charge in [-0.3, -0.25) is 0 Å². The number of alkyl carbamates (subject to hydrolysis) is 1. The molecule has 0 bridgehead atoms. The van der Waals surface area contributed by atoms with Crippen LogP contribution in [-0.4, -0.2) is 25.8 Å². The van der Waals surface area contributed by atoms with Gasteiger partial charge in [-0.15, -0.1) is 0 Å². The average molecular weight is 408 g/mol. The average Bonchev–Trinajstić information content (AvgIpc) is 2.76. The van der Waals surface area contributed by atoms with Crippen LogP contribution >= 0.6 is 0 Å². The first-order valence-corrected chi connectivity index (χ1v) is 9.64. The summed E-state index contributed by atoms with van der Waals surface area (Å²) in [5, 5.41) is 6.04. The summed E-state index contributed by atoms with van der Waals surface area (Å²) in [7, 11) is 1.31. The topological polar surface area (TPSA) is 76.7 Å². The number of aryl methyl sites for hydroxylation is 1. The Labute approximate surface area is 177 Å². The van der Waals surface area contributed by atoms with Gasteiger partial charge in [0.25, 0.3) is 0 Å². The van der Waals surface area contributed by atoms with Gasteiger partial charge in [0.1, 0.15) is 6.61 Å². The largest absolute Gasteiger partial charge is 0.466 e. The number of ether oxygens (including phenoxy) is 2. The van der Waals surface area contributed by atoms with Crippen molar-refractivity contribution in [1.82, 2.24) is 10.6 Å². The fourth-order valence-electron chi connectivity index (χ4n) is 2.90. The summed E-state index contributed by atoms with van der Waals surface area (Å²) in [6.45, 7) is 7.88. The maximum atomic E-state index is 12.7. The van der Waals surface area contributed by atoms with Crippen molar-refractivity contribution in [3.63, 3.8) is 0 Å². The molecule has 1 atom stereocenters. The fraction of sp³-hybridized carbons (Fsp3) is 0.250. The lowest BCUT2D eigenvalue weighted by molar-refractivity contribution is -0.136. The highest BCUT2D eigenvalue weighted by Gasteiger charge is 2.28. The molecule has 0 spiro atoms. The summed E-state index contributed by atoms with van der Waals surface area (Å²) >= 11 is 0. The molecule has 0 saturated carbocycles. The molecule has 2 aromatic carbocycles. The van der Waals surface area contributed by atoms with Gasteiger partial charge in [-0.05, 0) is 25.0 Å². The van der Waals surface area contributed by atoms with Crippen molar-refractivity contribution < 1.29 is 19.1 Å². The molecule has 2 aromatic rings. The number of methoxy groups -OCH3 is 1. The highest BCUT2D eigenvalue weighted by Crippen LogP contribution is 2.26. The zero-order valence-electron chi connectivity index (χ0n) is 17.6. The van der Waals surface area contributed by atoms with Crippen LogP contribution in [0.4, 0.5) is 4.79 Å². The molecule has 0 fully saturated rings. The predicted octanol–water partition coefficient (Wildman–Crippen LogP) is 4.19. The summed E-state index contributed by atoms with van der Waals surface area (Å²) in [4.78, 5) is 25.0. The van der Waals surface area contributed by atoms with E-state index in [9.17, 15) is 9.59 Å². The quantitative estimate of drug-likeness (QED) is 0.370. The Morgan fingerprint density at radius 1 is 1.10 bits per heavy atom. The van der Waals surface area contributed by atoms with Crippen LogP contribution in [0.1, 0.15) is 29.7 Å². The SMILES string of the molecule is C=CCOC(=O)N[C@H](C(C(=O)OC)=C(C)NCc1ccccc1)c1ccc(C)cc1. The standard InChI is InChI=1S/C24H28N2O4/c1-5-15-30-24(28)26-22(20-13-11-17(2)12-14-20)21(23(27)29-4)18(3)25-16-19-9-7-6-8-10-19/h5-14,22,25H,1,15-16H2,2-4H3,(H,26,28)/t22-/m0/s1. The van der Waals surface area contributed by atoms with E-state index in [2.05, 4.69) is 17.2 Å². The molecule has 6 heteroatoms. The van der Waals surface area contributed by atoms with Crippen molar-refractivity contribution >= 4 is 12.1 Å². The van der Waals surface area contributed by atoms with Gasteiger partial charge in [-0.1, -0.05) is 72.8 Å². The molecule has 0 unspecified atom stereocenters. The summed E-state index contributed by atoms with van der Waals surface area (Å²) < 4.78 is 10.1. The van der Waals surface area contributed by atoms with Crippen LogP contribution in [-0.2, 0) is 20.8 Å². The normalized spacial score (nSPS) is 12.2. The molecular weight excluding hydrogens is 380 g/mol. The molecule has 0 radical (unpaired) electrons. The zero-order chi connectivity index (χ0) is 21.9. The van der Waals surface area contributed by atoms with Gasteiger partial charge in [0.2, 0.25) is 0 Å². The van der Waals surface area contributed by atoms with E-state index >= 15 is 0 Å². The summed E-state index contributed by atoms with van der Waals surface area (Å²) in [6, 6.07) is 16.6. The molecule has 0 aromatic heterocycles. The van der Waals surface area contributed by atoms with Gasteiger partial charge in [-0.2, -0.15) is 0 Å². The van der Waals surface area contributed by atoms with Gasteiger partial charge in [0.05, 0.1) is 18.7 Å². The van der Waals surface area contributed by atoms with Crippen molar-refractivity contribution in [3.8, 4) is 0 Å². The van der Waals surface area contributed by atoms with E-state index < -0.39 is 18.1 Å². The van der Waals surface area contributed by atoms with E-state index in [1.54, 1.807) is 6.92 Å². The Kier molecular flexibility index (Phi) is 8.69. The molecular formula is C24H28N2O4. The number of benzene rings is 2. The van der Waals surface area contributed by atoms with Gasteiger partial charge in [0.15, 0.2) is 0 Å². The number of carbonyl (C=O) groups excluding carboxylic acids is 2. The first-order chi connectivity index (χ1) is 14.5. The Morgan fingerprint density at radius 2 is 1.77 bits per heavy atom. The van der Waals surface area contributed by atoms with Gasteiger partial charge in [-0.25, -0.2) is 9.59 Å². The molecule has 6 nitrogen and oxygen atoms in total. The molecule has 2 rings (SSSR count). The number of hydrogen-bond donors (Lipinski definition) is 2. The first-order valence-electron chi connectivity index (χ1n) is 9.64. The lowest BCUT2D eigenvalue weighted by Gasteiger charge is -2.23. The van der Waals surface area contributed by atoms with Crippen LogP contribution in [0.15, 0.2) is 78.5 Å². The molecule has 0 aliphatic rings. The molecule has 0 aliphatic carbocycles. The zero-order valence-corrected chi connectivity index (χ0v) is 17.6. The Bertz CT molecular complexity index is 889. The third-order valence-electron chi connectivity index (χ3n) is 4.50.